The fraction of sp³-hybridized carbons (Fsp3) is 0.933. The van der Waals surface area contributed by atoms with Crippen LogP contribution >= 0.6 is 0 Å². The molecule has 1 fully saturated rings. The van der Waals surface area contributed by atoms with Crippen LogP contribution in [0.2, 0.25) is 0 Å². The lowest BCUT2D eigenvalue weighted by molar-refractivity contribution is 0.235. The lowest BCUT2D eigenvalue weighted by Gasteiger charge is -2.30. The molecule has 0 aromatic carbocycles. The highest BCUT2D eigenvalue weighted by Crippen LogP contribution is 2.37. The lowest BCUT2D eigenvalue weighted by atomic mass is 9.86. The molecular formula is C15H29N3. The fourth-order valence-corrected chi connectivity index (χ4v) is 3.13. The number of nitriles is 1. The first-order chi connectivity index (χ1) is 8.57. The van der Waals surface area contributed by atoms with Crippen LogP contribution in [0.4, 0.5) is 0 Å². The van der Waals surface area contributed by atoms with Gasteiger partial charge in [-0.05, 0) is 51.7 Å². The van der Waals surface area contributed by atoms with Crippen LogP contribution in [0.3, 0.4) is 0 Å². The zero-order valence-corrected chi connectivity index (χ0v) is 12.5. The summed E-state index contributed by atoms with van der Waals surface area (Å²) in [5.74, 6) is 1.29. The standard InChI is InChI=1S/C15H29N3/c1-5-13(2)11-18(4)10-8-14-7-6-9-15(14,12-16)17-3/h13-14,17H,5-11H2,1-4H3. The molecule has 0 amide bonds. The van der Waals surface area contributed by atoms with E-state index in [0.717, 1.165) is 25.3 Å². The summed E-state index contributed by atoms with van der Waals surface area (Å²) in [4.78, 5) is 2.42. The van der Waals surface area contributed by atoms with E-state index in [1.54, 1.807) is 0 Å². The SMILES string of the molecule is CCC(C)CN(C)CCC1CCCC1(C#N)NC. The third kappa shape index (κ3) is 3.70. The van der Waals surface area contributed by atoms with Gasteiger partial charge in [-0.1, -0.05) is 26.7 Å². The Morgan fingerprint density at radius 3 is 2.83 bits per heavy atom. The van der Waals surface area contributed by atoms with Crippen molar-refractivity contribution in [2.24, 2.45) is 11.8 Å². The van der Waals surface area contributed by atoms with E-state index in [2.05, 4.69) is 37.2 Å². The van der Waals surface area contributed by atoms with Gasteiger partial charge >= 0.3 is 0 Å². The molecule has 104 valence electrons. The van der Waals surface area contributed by atoms with Gasteiger partial charge in [-0.2, -0.15) is 5.26 Å². The van der Waals surface area contributed by atoms with E-state index in [0.29, 0.717) is 5.92 Å². The predicted molar refractivity (Wildman–Crippen MR) is 76.3 cm³/mol. The number of nitrogens with zero attached hydrogens (tertiary/aromatic N) is 2. The van der Waals surface area contributed by atoms with Gasteiger partial charge in [-0.15, -0.1) is 0 Å². The summed E-state index contributed by atoms with van der Waals surface area (Å²) < 4.78 is 0. The fourth-order valence-electron chi connectivity index (χ4n) is 3.13. The molecule has 1 aliphatic carbocycles. The van der Waals surface area contributed by atoms with Crippen molar-refractivity contribution in [2.75, 3.05) is 27.2 Å². The molecule has 0 aromatic heterocycles. The van der Waals surface area contributed by atoms with Gasteiger partial charge in [0.25, 0.3) is 0 Å². The molecule has 1 aliphatic rings. The van der Waals surface area contributed by atoms with Gasteiger partial charge in [0.15, 0.2) is 0 Å². The second-order valence-corrected chi connectivity index (χ2v) is 5.99. The summed E-state index contributed by atoms with van der Waals surface area (Å²) >= 11 is 0. The molecule has 1 N–H and O–H groups in total. The van der Waals surface area contributed by atoms with Crippen LogP contribution in [0.15, 0.2) is 0 Å². The van der Waals surface area contributed by atoms with Crippen molar-refractivity contribution < 1.29 is 0 Å². The van der Waals surface area contributed by atoms with E-state index in [-0.39, 0.29) is 5.54 Å². The Morgan fingerprint density at radius 1 is 1.56 bits per heavy atom. The first-order valence-corrected chi connectivity index (χ1v) is 7.36. The molecule has 0 spiro atoms. The number of hydrogen-bond acceptors (Lipinski definition) is 3. The Kier molecular flexibility index (Phi) is 6.11. The number of hydrogen-bond donors (Lipinski definition) is 1. The third-order valence-corrected chi connectivity index (χ3v) is 4.65. The first-order valence-electron chi connectivity index (χ1n) is 7.36. The highest BCUT2D eigenvalue weighted by atomic mass is 15.1. The molecule has 0 saturated heterocycles. The van der Waals surface area contributed by atoms with E-state index >= 15 is 0 Å². The van der Waals surface area contributed by atoms with Crippen molar-refractivity contribution >= 4 is 0 Å². The Bertz CT molecular complexity index is 284. The molecule has 3 heteroatoms. The summed E-state index contributed by atoms with van der Waals surface area (Å²) in [7, 11) is 4.14. The smallest absolute Gasteiger partial charge is 0.109 e. The molecule has 0 radical (unpaired) electrons. The van der Waals surface area contributed by atoms with Crippen LogP contribution < -0.4 is 5.32 Å². The third-order valence-electron chi connectivity index (χ3n) is 4.65. The highest BCUT2D eigenvalue weighted by Gasteiger charge is 2.41. The quantitative estimate of drug-likeness (QED) is 0.756. The summed E-state index contributed by atoms with van der Waals surface area (Å²) in [5.41, 5.74) is -0.253. The summed E-state index contributed by atoms with van der Waals surface area (Å²) in [6.45, 7) is 6.83. The normalized spacial score (nSPS) is 29.4. The van der Waals surface area contributed by atoms with Gasteiger partial charge in [0.05, 0.1) is 6.07 Å². The minimum atomic E-state index is -0.253. The van der Waals surface area contributed by atoms with E-state index in [1.165, 1.54) is 25.8 Å². The molecule has 0 aliphatic heterocycles. The van der Waals surface area contributed by atoms with E-state index in [1.807, 2.05) is 7.05 Å². The lowest BCUT2D eigenvalue weighted by Crippen LogP contribution is -2.45. The number of nitrogens with one attached hydrogen (secondary N) is 1. The van der Waals surface area contributed by atoms with E-state index in [4.69, 9.17) is 0 Å². The van der Waals surface area contributed by atoms with Gasteiger partial charge in [0.1, 0.15) is 5.54 Å². The Hall–Kier alpha value is -0.590. The zero-order chi connectivity index (χ0) is 13.6. The van der Waals surface area contributed by atoms with Crippen molar-refractivity contribution in [3.8, 4) is 6.07 Å². The van der Waals surface area contributed by atoms with Gasteiger partial charge in [0.2, 0.25) is 0 Å². The van der Waals surface area contributed by atoms with Gasteiger partial charge in [0, 0.05) is 6.54 Å². The van der Waals surface area contributed by atoms with Crippen molar-refractivity contribution in [3.63, 3.8) is 0 Å². The average molecular weight is 251 g/mol. The van der Waals surface area contributed by atoms with Gasteiger partial charge < -0.3 is 10.2 Å². The largest absolute Gasteiger partial charge is 0.306 e. The zero-order valence-electron chi connectivity index (χ0n) is 12.5. The number of rotatable bonds is 7. The van der Waals surface area contributed by atoms with Gasteiger partial charge in [-0.3, -0.25) is 0 Å². The molecule has 0 heterocycles. The Labute approximate surface area is 113 Å². The molecule has 3 unspecified atom stereocenters. The average Bonchev–Trinajstić information content (AvgIpc) is 2.79. The van der Waals surface area contributed by atoms with Crippen LogP contribution in [-0.4, -0.2) is 37.6 Å². The molecule has 0 aromatic rings. The minimum Gasteiger partial charge on any atom is -0.306 e. The van der Waals surface area contributed by atoms with E-state index < -0.39 is 0 Å². The predicted octanol–water partition coefficient (Wildman–Crippen LogP) is 2.64. The summed E-state index contributed by atoms with van der Waals surface area (Å²) in [6.07, 6.45) is 5.78. The molecule has 18 heavy (non-hydrogen) atoms. The second kappa shape index (κ2) is 7.11. The van der Waals surface area contributed by atoms with Crippen LogP contribution in [0.1, 0.15) is 46.0 Å². The molecule has 3 nitrogen and oxygen atoms in total. The van der Waals surface area contributed by atoms with E-state index in [9.17, 15) is 5.26 Å². The maximum atomic E-state index is 9.41. The Balaban J connectivity index is 2.41. The van der Waals surface area contributed by atoms with Crippen molar-refractivity contribution in [2.45, 2.75) is 51.5 Å². The summed E-state index contributed by atoms with van der Waals surface area (Å²) in [5, 5.41) is 12.7. The van der Waals surface area contributed by atoms with Crippen LogP contribution in [0, 0.1) is 23.2 Å². The maximum Gasteiger partial charge on any atom is 0.109 e. The molecular weight excluding hydrogens is 222 g/mol. The van der Waals surface area contributed by atoms with Crippen molar-refractivity contribution in [1.82, 2.24) is 10.2 Å². The van der Waals surface area contributed by atoms with Gasteiger partial charge in [-0.25, -0.2) is 0 Å². The van der Waals surface area contributed by atoms with Crippen LogP contribution in [-0.2, 0) is 0 Å². The van der Waals surface area contributed by atoms with Crippen LogP contribution in [0.5, 0.6) is 0 Å². The maximum absolute atomic E-state index is 9.41. The first kappa shape index (κ1) is 15.5. The Morgan fingerprint density at radius 2 is 2.28 bits per heavy atom. The monoisotopic (exact) mass is 251 g/mol. The van der Waals surface area contributed by atoms with Crippen molar-refractivity contribution in [1.29, 1.82) is 5.26 Å². The molecule has 0 bridgehead atoms. The summed E-state index contributed by atoms with van der Waals surface area (Å²) in [6, 6.07) is 2.52. The van der Waals surface area contributed by atoms with Crippen LogP contribution in [0.25, 0.3) is 0 Å². The molecule has 1 rings (SSSR count). The molecule has 3 atom stereocenters. The minimum absolute atomic E-state index is 0.253. The molecule has 1 saturated carbocycles. The topological polar surface area (TPSA) is 39.1 Å². The second-order valence-electron chi connectivity index (χ2n) is 5.99. The van der Waals surface area contributed by atoms with Crippen molar-refractivity contribution in [3.05, 3.63) is 0 Å². The highest BCUT2D eigenvalue weighted by molar-refractivity contribution is 5.13.